The van der Waals surface area contributed by atoms with Crippen molar-refractivity contribution in [3.8, 4) is 0 Å². The lowest BCUT2D eigenvalue weighted by Gasteiger charge is -2.25. The fourth-order valence-electron chi connectivity index (χ4n) is 1.94. The molecule has 5 nitrogen and oxygen atoms in total. The Kier molecular flexibility index (Phi) is 4.44. The third-order valence-corrected chi connectivity index (χ3v) is 3.58. The Hall–Kier alpha value is -1.82. The number of hydrogen-bond donors (Lipinski definition) is 2. The molecule has 0 spiro atoms. The fraction of sp³-hybridized carbons (Fsp3) is 0.286. The molecule has 1 aliphatic rings. The number of nitrogens with zero attached hydrogens (tertiary/aromatic N) is 1. The SMILES string of the molecule is CC1=CCN(C(=O)Nc2cc(Br)cc(C(=O)O)c2)CC1. The van der Waals surface area contributed by atoms with Crippen LogP contribution in [0.25, 0.3) is 0 Å². The zero-order valence-corrected chi connectivity index (χ0v) is 12.6. The quantitative estimate of drug-likeness (QED) is 0.812. The lowest BCUT2D eigenvalue weighted by atomic mass is 10.1. The predicted molar refractivity (Wildman–Crippen MR) is 80.1 cm³/mol. The summed E-state index contributed by atoms with van der Waals surface area (Å²) in [5, 5.41) is 11.7. The van der Waals surface area contributed by atoms with Gasteiger partial charge in [0.2, 0.25) is 0 Å². The number of urea groups is 1. The summed E-state index contributed by atoms with van der Waals surface area (Å²) in [6.07, 6.45) is 2.89. The monoisotopic (exact) mass is 338 g/mol. The summed E-state index contributed by atoms with van der Waals surface area (Å²) in [5.41, 5.74) is 1.88. The van der Waals surface area contributed by atoms with Crippen LogP contribution in [0.1, 0.15) is 23.7 Å². The highest BCUT2D eigenvalue weighted by Gasteiger charge is 2.16. The Bertz CT molecular complexity index is 584. The number of halogens is 1. The number of benzene rings is 1. The van der Waals surface area contributed by atoms with Crippen LogP contribution in [0.2, 0.25) is 0 Å². The molecule has 2 N–H and O–H groups in total. The smallest absolute Gasteiger partial charge is 0.335 e. The predicted octanol–water partition coefficient (Wildman–Crippen LogP) is 3.33. The molecule has 6 heteroatoms. The highest BCUT2D eigenvalue weighted by molar-refractivity contribution is 9.10. The van der Waals surface area contributed by atoms with E-state index in [2.05, 4.69) is 21.2 Å². The van der Waals surface area contributed by atoms with Gasteiger partial charge in [-0.3, -0.25) is 0 Å². The molecule has 0 saturated carbocycles. The molecule has 0 aliphatic carbocycles. The summed E-state index contributed by atoms with van der Waals surface area (Å²) < 4.78 is 0.613. The number of carboxylic acids is 1. The number of carboxylic acid groups (broad SMARTS) is 1. The van der Waals surface area contributed by atoms with Gasteiger partial charge in [-0.25, -0.2) is 9.59 Å². The Morgan fingerprint density at radius 3 is 2.70 bits per heavy atom. The van der Waals surface area contributed by atoms with Crippen LogP contribution in [0.5, 0.6) is 0 Å². The molecule has 0 aromatic heterocycles. The van der Waals surface area contributed by atoms with E-state index in [-0.39, 0.29) is 11.6 Å². The highest BCUT2D eigenvalue weighted by atomic mass is 79.9. The van der Waals surface area contributed by atoms with Crippen LogP contribution < -0.4 is 5.32 Å². The second-order valence-electron chi connectivity index (χ2n) is 4.71. The first kappa shape index (κ1) is 14.6. The maximum absolute atomic E-state index is 12.1. The zero-order chi connectivity index (χ0) is 14.7. The number of anilines is 1. The van der Waals surface area contributed by atoms with Gasteiger partial charge in [0, 0.05) is 23.2 Å². The van der Waals surface area contributed by atoms with Gasteiger partial charge in [-0.2, -0.15) is 0 Å². The second-order valence-corrected chi connectivity index (χ2v) is 5.63. The molecule has 1 aromatic rings. The van der Waals surface area contributed by atoms with E-state index < -0.39 is 5.97 Å². The molecule has 1 aromatic carbocycles. The van der Waals surface area contributed by atoms with Crippen molar-refractivity contribution < 1.29 is 14.7 Å². The standard InChI is InChI=1S/C14H15BrN2O3/c1-9-2-4-17(5-3-9)14(20)16-12-7-10(13(18)19)6-11(15)8-12/h2,6-8H,3-5H2,1H3,(H,16,20)(H,18,19). The molecular weight excluding hydrogens is 324 g/mol. The molecular formula is C14H15BrN2O3. The first-order chi connectivity index (χ1) is 9.45. The van der Waals surface area contributed by atoms with E-state index in [1.54, 1.807) is 11.0 Å². The third kappa shape index (κ3) is 3.60. The minimum atomic E-state index is -1.03. The second kappa shape index (κ2) is 6.09. The van der Waals surface area contributed by atoms with E-state index in [0.717, 1.165) is 6.42 Å². The van der Waals surface area contributed by atoms with Crippen LogP contribution in [-0.2, 0) is 0 Å². The number of carbonyl (C=O) groups excluding carboxylic acids is 1. The van der Waals surface area contributed by atoms with Gasteiger partial charge in [0.05, 0.1) is 5.56 Å². The summed E-state index contributed by atoms with van der Waals surface area (Å²) in [5.74, 6) is -1.03. The van der Waals surface area contributed by atoms with Gasteiger partial charge < -0.3 is 15.3 Å². The Morgan fingerprint density at radius 1 is 1.35 bits per heavy atom. The van der Waals surface area contributed by atoms with Crippen molar-refractivity contribution in [2.24, 2.45) is 0 Å². The lowest BCUT2D eigenvalue weighted by molar-refractivity contribution is 0.0697. The first-order valence-electron chi connectivity index (χ1n) is 6.21. The molecule has 0 radical (unpaired) electrons. The molecule has 0 bridgehead atoms. The highest BCUT2D eigenvalue weighted by Crippen LogP contribution is 2.20. The van der Waals surface area contributed by atoms with Crippen LogP contribution in [0.15, 0.2) is 34.3 Å². The molecule has 106 valence electrons. The minimum Gasteiger partial charge on any atom is -0.478 e. The number of rotatable bonds is 2. The van der Waals surface area contributed by atoms with E-state index in [1.807, 2.05) is 13.0 Å². The molecule has 0 fully saturated rings. The number of nitrogens with one attached hydrogen (secondary N) is 1. The maximum atomic E-state index is 12.1. The average molecular weight is 339 g/mol. The van der Waals surface area contributed by atoms with E-state index >= 15 is 0 Å². The molecule has 0 saturated heterocycles. The number of amides is 2. The van der Waals surface area contributed by atoms with E-state index in [9.17, 15) is 9.59 Å². The third-order valence-electron chi connectivity index (χ3n) is 3.12. The Balaban J connectivity index is 2.10. The van der Waals surface area contributed by atoms with Crippen LogP contribution in [0.3, 0.4) is 0 Å². The van der Waals surface area contributed by atoms with Gasteiger partial charge in [0.1, 0.15) is 0 Å². The van der Waals surface area contributed by atoms with Crippen LogP contribution >= 0.6 is 15.9 Å². The van der Waals surface area contributed by atoms with Gasteiger partial charge in [0.25, 0.3) is 0 Å². The van der Waals surface area contributed by atoms with E-state index in [4.69, 9.17) is 5.11 Å². The Labute approximate surface area is 125 Å². The van der Waals surface area contributed by atoms with Crippen molar-refractivity contribution in [1.82, 2.24) is 4.90 Å². The summed E-state index contributed by atoms with van der Waals surface area (Å²) in [6, 6.07) is 4.39. The van der Waals surface area contributed by atoms with Crippen molar-refractivity contribution in [1.29, 1.82) is 0 Å². The first-order valence-corrected chi connectivity index (χ1v) is 7.00. The van der Waals surface area contributed by atoms with Crippen molar-refractivity contribution >= 4 is 33.6 Å². The van der Waals surface area contributed by atoms with Gasteiger partial charge in [-0.15, -0.1) is 0 Å². The number of carbonyl (C=O) groups is 2. The van der Waals surface area contributed by atoms with Gasteiger partial charge in [-0.1, -0.05) is 27.6 Å². The topological polar surface area (TPSA) is 69.6 Å². The van der Waals surface area contributed by atoms with Crippen molar-refractivity contribution in [3.05, 3.63) is 39.9 Å². The van der Waals surface area contributed by atoms with Gasteiger partial charge in [0.15, 0.2) is 0 Å². The van der Waals surface area contributed by atoms with Crippen LogP contribution in [-0.4, -0.2) is 35.1 Å². The molecule has 1 heterocycles. The maximum Gasteiger partial charge on any atom is 0.335 e. The number of hydrogen-bond acceptors (Lipinski definition) is 2. The van der Waals surface area contributed by atoms with Crippen molar-refractivity contribution in [2.45, 2.75) is 13.3 Å². The van der Waals surface area contributed by atoms with E-state index in [1.165, 1.54) is 17.7 Å². The summed E-state index contributed by atoms with van der Waals surface area (Å²) in [7, 11) is 0. The van der Waals surface area contributed by atoms with Crippen LogP contribution in [0, 0.1) is 0 Å². The average Bonchev–Trinajstić information content (AvgIpc) is 2.38. The molecule has 2 amide bonds. The van der Waals surface area contributed by atoms with E-state index in [0.29, 0.717) is 23.2 Å². The fourth-order valence-corrected chi connectivity index (χ4v) is 2.44. The summed E-state index contributed by atoms with van der Waals surface area (Å²) >= 11 is 3.24. The lowest BCUT2D eigenvalue weighted by Crippen LogP contribution is -2.37. The van der Waals surface area contributed by atoms with Crippen molar-refractivity contribution in [2.75, 3.05) is 18.4 Å². The van der Waals surface area contributed by atoms with Gasteiger partial charge >= 0.3 is 12.0 Å². The van der Waals surface area contributed by atoms with Gasteiger partial charge in [-0.05, 0) is 31.5 Å². The molecule has 20 heavy (non-hydrogen) atoms. The molecule has 0 unspecified atom stereocenters. The minimum absolute atomic E-state index is 0.129. The van der Waals surface area contributed by atoms with Crippen LogP contribution in [0.4, 0.5) is 10.5 Å². The Morgan fingerprint density at radius 2 is 2.10 bits per heavy atom. The largest absolute Gasteiger partial charge is 0.478 e. The molecule has 2 rings (SSSR count). The molecule has 0 atom stereocenters. The van der Waals surface area contributed by atoms with Crippen molar-refractivity contribution in [3.63, 3.8) is 0 Å². The summed E-state index contributed by atoms with van der Waals surface area (Å²) in [6.45, 7) is 3.30. The zero-order valence-electron chi connectivity index (χ0n) is 11.0. The number of aromatic carboxylic acids is 1. The normalized spacial score (nSPS) is 14.7. The molecule has 1 aliphatic heterocycles. The summed E-state index contributed by atoms with van der Waals surface area (Å²) in [4.78, 5) is 24.8.